The lowest BCUT2D eigenvalue weighted by Gasteiger charge is -2.22. The number of hydrogen-bond acceptors (Lipinski definition) is 4. The largest absolute Gasteiger partial charge is 0.496 e. The number of rotatable bonds is 5. The molecule has 1 aromatic carbocycles. The minimum absolute atomic E-state index is 0.121. The molecule has 1 rings (SSSR count). The van der Waals surface area contributed by atoms with Crippen LogP contribution in [0.1, 0.15) is 18.4 Å². The van der Waals surface area contributed by atoms with Crippen LogP contribution in [-0.2, 0) is 4.79 Å². The predicted octanol–water partition coefficient (Wildman–Crippen LogP) is 2.28. The van der Waals surface area contributed by atoms with E-state index in [9.17, 15) is 4.79 Å². The summed E-state index contributed by atoms with van der Waals surface area (Å²) in [5.74, 6) is 1.19. The average Bonchev–Trinajstić information content (AvgIpc) is 2.43. The second-order valence-electron chi connectivity index (χ2n) is 4.06. The zero-order valence-electron chi connectivity index (χ0n) is 11.7. The SMILES string of the molecule is COc1ccc(N(C)C(=O)CCC#N)c(OC)c1C. The number of carbonyl (C=O) groups excluding carboxylic acids is 1. The fraction of sp³-hybridized carbons (Fsp3) is 0.429. The van der Waals surface area contributed by atoms with Crippen LogP contribution in [0.3, 0.4) is 0 Å². The van der Waals surface area contributed by atoms with Crippen LogP contribution in [0.15, 0.2) is 12.1 Å². The summed E-state index contributed by atoms with van der Waals surface area (Å²) in [6.45, 7) is 1.87. The van der Waals surface area contributed by atoms with Gasteiger partial charge in [-0.3, -0.25) is 4.79 Å². The Hall–Kier alpha value is -2.22. The van der Waals surface area contributed by atoms with Crippen molar-refractivity contribution in [1.29, 1.82) is 5.26 Å². The molecule has 0 heterocycles. The molecule has 0 radical (unpaired) electrons. The molecule has 0 aliphatic heterocycles. The molecule has 0 saturated carbocycles. The molecule has 0 aliphatic rings. The highest BCUT2D eigenvalue weighted by atomic mass is 16.5. The number of hydrogen-bond donors (Lipinski definition) is 0. The Balaban J connectivity index is 3.10. The lowest BCUT2D eigenvalue weighted by Crippen LogP contribution is -2.26. The lowest BCUT2D eigenvalue weighted by atomic mass is 10.1. The second kappa shape index (κ2) is 6.64. The average molecular weight is 262 g/mol. The molecule has 0 spiro atoms. The van der Waals surface area contributed by atoms with Gasteiger partial charge in [0.2, 0.25) is 5.91 Å². The Morgan fingerprint density at radius 2 is 2.05 bits per heavy atom. The molecule has 0 fully saturated rings. The number of nitriles is 1. The quantitative estimate of drug-likeness (QED) is 0.816. The van der Waals surface area contributed by atoms with E-state index in [1.165, 1.54) is 4.90 Å². The number of anilines is 1. The maximum Gasteiger partial charge on any atom is 0.227 e. The molecule has 0 aromatic heterocycles. The molecular formula is C14H18N2O3. The van der Waals surface area contributed by atoms with Crippen LogP contribution >= 0.6 is 0 Å². The highest BCUT2D eigenvalue weighted by Crippen LogP contribution is 2.36. The van der Waals surface area contributed by atoms with E-state index in [2.05, 4.69) is 0 Å². The number of methoxy groups -OCH3 is 2. The third-order valence-corrected chi connectivity index (χ3v) is 2.95. The van der Waals surface area contributed by atoms with Gasteiger partial charge in [-0.1, -0.05) is 0 Å². The zero-order chi connectivity index (χ0) is 14.4. The van der Waals surface area contributed by atoms with Gasteiger partial charge in [0.1, 0.15) is 11.5 Å². The highest BCUT2D eigenvalue weighted by molar-refractivity contribution is 5.94. The van der Waals surface area contributed by atoms with Crippen molar-refractivity contribution in [3.05, 3.63) is 17.7 Å². The van der Waals surface area contributed by atoms with Crippen molar-refractivity contribution in [2.75, 3.05) is 26.2 Å². The molecule has 1 amide bonds. The number of carbonyl (C=O) groups is 1. The maximum absolute atomic E-state index is 11.9. The minimum atomic E-state index is -0.121. The molecule has 5 nitrogen and oxygen atoms in total. The molecule has 0 unspecified atom stereocenters. The lowest BCUT2D eigenvalue weighted by molar-refractivity contribution is -0.118. The Morgan fingerprint density at radius 3 is 2.58 bits per heavy atom. The first-order valence-electron chi connectivity index (χ1n) is 5.91. The Bertz CT molecular complexity index is 506. The van der Waals surface area contributed by atoms with E-state index in [0.29, 0.717) is 17.2 Å². The van der Waals surface area contributed by atoms with Gasteiger partial charge in [-0.2, -0.15) is 5.26 Å². The summed E-state index contributed by atoms with van der Waals surface area (Å²) in [4.78, 5) is 13.4. The monoisotopic (exact) mass is 262 g/mol. The zero-order valence-corrected chi connectivity index (χ0v) is 11.7. The molecule has 0 saturated heterocycles. The van der Waals surface area contributed by atoms with Crippen LogP contribution in [-0.4, -0.2) is 27.2 Å². The summed E-state index contributed by atoms with van der Waals surface area (Å²) >= 11 is 0. The van der Waals surface area contributed by atoms with Gasteiger partial charge in [0.05, 0.1) is 26.0 Å². The number of ether oxygens (including phenoxy) is 2. The van der Waals surface area contributed by atoms with Crippen LogP contribution < -0.4 is 14.4 Å². The van der Waals surface area contributed by atoms with Crippen molar-refractivity contribution in [2.24, 2.45) is 0 Å². The summed E-state index contributed by atoms with van der Waals surface area (Å²) in [5.41, 5.74) is 1.51. The fourth-order valence-electron chi connectivity index (χ4n) is 1.87. The van der Waals surface area contributed by atoms with E-state index in [0.717, 1.165) is 5.56 Å². The van der Waals surface area contributed by atoms with Gasteiger partial charge < -0.3 is 14.4 Å². The molecule has 0 aliphatic carbocycles. The van der Waals surface area contributed by atoms with E-state index >= 15 is 0 Å². The van der Waals surface area contributed by atoms with E-state index in [1.54, 1.807) is 33.4 Å². The molecule has 0 bridgehead atoms. The first-order chi connectivity index (χ1) is 9.06. The van der Waals surface area contributed by atoms with Crippen LogP contribution in [0.4, 0.5) is 5.69 Å². The second-order valence-corrected chi connectivity index (χ2v) is 4.06. The summed E-state index contributed by atoms with van der Waals surface area (Å²) in [7, 11) is 4.81. The minimum Gasteiger partial charge on any atom is -0.496 e. The molecule has 102 valence electrons. The predicted molar refractivity (Wildman–Crippen MR) is 72.5 cm³/mol. The van der Waals surface area contributed by atoms with Crippen LogP contribution in [0.2, 0.25) is 0 Å². The summed E-state index contributed by atoms with van der Waals surface area (Å²) < 4.78 is 10.6. The number of amides is 1. The van der Waals surface area contributed by atoms with Gasteiger partial charge in [0.25, 0.3) is 0 Å². The number of benzene rings is 1. The van der Waals surface area contributed by atoms with Crippen molar-refractivity contribution in [1.82, 2.24) is 0 Å². The van der Waals surface area contributed by atoms with E-state index in [-0.39, 0.29) is 18.7 Å². The van der Waals surface area contributed by atoms with Crippen LogP contribution in [0, 0.1) is 18.3 Å². The van der Waals surface area contributed by atoms with Gasteiger partial charge in [0.15, 0.2) is 0 Å². The first kappa shape index (κ1) is 14.8. The van der Waals surface area contributed by atoms with Crippen molar-refractivity contribution in [3.8, 4) is 17.6 Å². The van der Waals surface area contributed by atoms with Crippen molar-refractivity contribution in [3.63, 3.8) is 0 Å². The van der Waals surface area contributed by atoms with Gasteiger partial charge >= 0.3 is 0 Å². The fourth-order valence-corrected chi connectivity index (χ4v) is 1.87. The third kappa shape index (κ3) is 3.16. The summed E-state index contributed by atoms with van der Waals surface area (Å²) in [6, 6.07) is 5.53. The molecular weight excluding hydrogens is 244 g/mol. The summed E-state index contributed by atoms with van der Waals surface area (Å²) in [6.07, 6.45) is 0.405. The van der Waals surface area contributed by atoms with Gasteiger partial charge in [-0.25, -0.2) is 0 Å². The van der Waals surface area contributed by atoms with Gasteiger partial charge in [-0.15, -0.1) is 0 Å². The van der Waals surface area contributed by atoms with E-state index < -0.39 is 0 Å². The Labute approximate surface area is 113 Å². The standard InChI is InChI=1S/C14H18N2O3/c1-10-12(18-3)8-7-11(14(10)19-4)16(2)13(17)6-5-9-15/h7-8H,5-6H2,1-4H3. The smallest absolute Gasteiger partial charge is 0.227 e. The van der Waals surface area contributed by atoms with Crippen LogP contribution in [0.25, 0.3) is 0 Å². The third-order valence-electron chi connectivity index (χ3n) is 2.95. The van der Waals surface area contributed by atoms with Gasteiger partial charge in [-0.05, 0) is 19.1 Å². The highest BCUT2D eigenvalue weighted by Gasteiger charge is 2.18. The molecule has 19 heavy (non-hydrogen) atoms. The summed E-state index contributed by atoms with van der Waals surface area (Å²) in [5, 5.41) is 8.52. The van der Waals surface area contributed by atoms with Crippen molar-refractivity contribution < 1.29 is 14.3 Å². The van der Waals surface area contributed by atoms with Crippen LogP contribution in [0.5, 0.6) is 11.5 Å². The van der Waals surface area contributed by atoms with Crippen molar-refractivity contribution >= 4 is 11.6 Å². The van der Waals surface area contributed by atoms with Crippen molar-refractivity contribution in [2.45, 2.75) is 19.8 Å². The molecule has 0 N–H and O–H groups in total. The molecule has 0 atom stereocenters. The maximum atomic E-state index is 11.9. The van der Waals surface area contributed by atoms with Gasteiger partial charge in [0, 0.05) is 25.5 Å². The first-order valence-corrected chi connectivity index (χ1v) is 5.91. The molecule has 5 heteroatoms. The van der Waals surface area contributed by atoms with E-state index in [4.69, 9.17) is 14.7 Å². The molecule has 1 aromatic rings. The Kier molecular flexibility index (Phi) is 5.19. The topological polar surface area (TPSA) is 62.6 Å². The number of nitrogens with zero attached hydrogens (tertiary/aromatic N) is 2. The normalized spacial score (nSPS) is 9.63. The Morgan fingerprint density at radius 1 is 1.37 bits per heavy atom. The van der Waals surface area contributed by atoms with E-state index in [1.807, 2.05) is 13.0 Å².